The van der Waals surface area contributed by atoms with E-state index in [0.29, 0.717) is 12.8 Å². The molecule has 0 radical (unpaired) electrons. The minimum absolute atomic E-state index is 0.173. The van der Waals surface area contributed by atoms with E-state index in [-0.39, 0.29) is 11.7 Å². The standard InChI is InChI=1S/C14H17ClN2O3/c1-10(16-9-18)14(20)17-12(13(19)8-15)7-11-5-3-2-4-6-11/h2-6,9-10,12H,7-8H2,1H3,(H,16,18)(H,17,20)/t10-,12?/m0/s1. The highest BCUT2D eigenvalue weighted by Crippen LogP contribution is 2.05. The van der Waals surface area contributed by atoms with Crippen molar-refractivity contribution in [1.82, 2.24) is 10.6 Å². The summed E-state index contributed by atoms with van der Waals surface area (Å²) in [6.07, 6.45) is 0.811. The summed E-state index contributed by atoms with van der Waals surface area (Å²) in [6, 6.07) is 7.93. The van der Waals surface area contributed by atoms with Gasteiger partial charge in [-0.25, -0.2) is 0 Å². The molecule has 0 aliphatic carbocycles. The van der Waals surface area contributed by atoms with Crippen molar-refractivity contribution in [2.75, 3.05) is 5.88 Å². The molecule has 1 unspecified atom stereocenters. The van der Waals surface area contributed by atoms with E-state index in [2.05, 4.69) is 10.6 Å². The van der Waals surface area contributed by atoms with Crippen molar-refractivity contribution < 1.29 is 14.4 Å². The summed E-state index contributed by atoms with van der Waals surface area (Å²) in [4.78, 5) is 33.9. The Morgan fingerprint density at radius 2 is 1.95 bits per heavy atom. The third kappa shape index (κ3) is 5.01. The molecule has 6 heteroatoms. The molecule has 1 aromatic carbocycles. The first-order valence-electron chi connectivity index (χ1n) is 6.21. The predicted molar refractivity (Wildman–Crippen MR) is 76.5 cm³/mol. The van der Waals surface area contributed by atoms with Gasteiger partial charge in [0.2, 0.25) is 12.3 Å². The fourth-order valence-corrected chi connectivity index (χ4v) is 1.85. The molecule has 2 atom stereocenters. The second-order valence-electron chi connectivity index (χ2n) is 4.36. The molecule has 0 aliphatic heterocycles. The normalized spacial score (nSPS) is 13.1. The zero-order chi connectivity index (χ0) is 15.0. The van der Waals surface area contributed by atoms with Crippen molar-refractivity contribution in [3.63, 3.8) is 0 Å². The number of carbonyl (C=O) groups excluding carboxylic acids is 3. The average Bonchev–Trinajstić information content (AvgIpc) is 2.47. The van der Waals surface area contributed by atoms with Gasteiger partial charge in [-0.2, -0.15) is 0 Å². The summed E-state index contributed by atoms with van der Waals surface area (Å²) in [6.45, 7) is 1.54. The van der Waals surface area contributed by atoms with Gasteiger partial charge in [0.05, 0.1) is 11.9 Å². The number of nitrogens with one attached hydrogen (secondary N) is 2. The maximum atomic E-state index is 11.8. The number of hydrogen-bond acceptors (Lipinski definition) is 3. The molecule has 0 spiro atoms. The number of ketones is 1. The molecule has 0 bridgehead atoms. The van der Waals surface area contributed by atoms with Crippen LogP contribution in [0.2, 0.25) is 0 Å². The van der Waals surface area contributed by atoms with Crippen LogP contribution >= 0.6 is 11.6 Å². The van der Waals surface area contributed by atoms with Crippen LogP contribution in [0.5, 0.6) is 0 Å². The van der Waals surface area contributed by atoms with E-state index >= 15 is 0 Å². The molecule has 2 N–H and O–H groups in total. The van der Waals surface area contributed by atoms with Gasteiger partial charge in [-0.1, -0.05) is 30.3 Å². The number of hydrogen-bond donors (Lipinski definition) is 2. The van der Waals surface area contributed by atoms with Crippen LogP contribution in [0.4, 0.5) is 0 Å². The van der Waals surface area contributed by atoms with Crippen LogP contribution in [0.25, 0.3) is 0 Å². The number of rotatable bonds is 8. The Labute approximate surface area is 122 Å². The fourth-order valence-electron chi connectivity index (χ4n) is 1.66. The van der Waals surface area contributed by atoms with Crippen molar-refractivity contribution in [2.45, 2.75) is 25.4 Å². The van der Waals surface area contributed by atoms with Crippen LogP contribution in [0.15, 0.2) is 30.3 Å². The predicted octanol–water partition coefficient (Wildman–Crippen LogP) is 0.656. The van der Waals surface area contributed by atoms with Crippen molar-refractivity contribution in [1.29, 1.82) is 0 Å². The van der Waals surface area contributed by atoms with Gasteiger partial charge in [-0.05, 0) is 18.9 Å². The van der Waals surface area contributed by atoms with Crippen molar-refractivity contribution in [3.8, 4) is 0 Å². The molecule has 20 heavy (non-hydrogen) atoms. The maximum absolute atomic E-state index is 11.8. The van der Waals surface area contributed by atoms with Crippen LogP contribution in [0.1, 0.15) is 12.5 Å². The first-order chi connectivity index (χ1) is 9.58. The molecule has 0 heterocycles. The Balaban J connectivity index is 2.72. The summed E-state index contributed by atoms with van der Waals surface area (Å²) >= 11 is 5.56. The van der Waals surface area contributed by atoms with Crippen molar-refractivity contribution in [2.24, 2.45) is 0 Å². The topological polar surface area (TPSA) is 75.3 Å². The smallest absolute Gasteiger partial charge is 0.242 e. The number of amides is 2. The van der Waals surface area contributed by atoms with Crippen LogP contribution in [-0.2, 0) is 20.8 Å². The Hall–Kier alpha value is -1.88. The van der Waals surface area contributed by atoms with Gasteiger partial charge >= 0.3 is 0 Å². The van der Waals surface area contributed by atoms with Gasteiger partial charge in [0.15, 0.2) is 5.78 Å². The highest BCUT2D eigenvalue weighted by molar-refractivity contribution is 6.28. The second-order valence-corrected chi connectivity index (χ2v) is 4.62. The van der Waals surface area contributed by atoms with E-state index in [0.717, 1.165) is 5.56 Å². The van der Waals surface area contributed by atoms with Gasteiger partial charge < -0.3 is 10.6 Å². The van der Waals surface area contributed by atoms with Crippen LogP contribution < -0.4 is 10.6 Å². The Kier molecular flexibility index (Phi) is 6.73. The van der Waals surface area contributed by atoms with Gasteiger partial charge in [0, 0.05) is 0 Å². The molecule has 1 rings (SSSR count). The quantitative estimate of drug-likeness (QED) is 0.546. The molecule has 108 valence electrons. The molecule has 0 fully saturated rings. The van der Waals surface area contributed by atoms with Crippen LogP contribution in [0.3, 0.4) is 0 Å². The first-order valence-corrected chi connectivity index (χ1v) is 6.74. The number of benzene rings is 1. The van der Waals surface area contributed by atoms with E-state index < -0.39 is 18.0 Å². The number of alkyl halides is 1. The lowest BCUT2D eigenvalue weighted by atomic mass is 10.0. The fraction of sp³-hybridized carbons (Fsp3) is 0.357. The molecule has 0 aliphatic rings. The summed E-state index contributed by atoms with van der Waals surface area (Å²) < 4.78 is 0. The van der Waals surface area contributed by atoms with E-state index in [1.54, 1.807) is 0 Å². The SMILES string of the molecule is C[C@H](NC=O)C(=O)NC(Cc1ccccc1)C(=O)CCl. The zero-order valence-corrected chi connectivity index (χ0v) is 11.9. The second kappa shape index (κ2) is 8.32. The lowest BCUT2D eigenvalue weighted by Crippen LogP contribution is -2.50. The Morgan fingerprint density at radius 3 is 2.50 bits per heavy atom. The average molecular weight is 297 g/mol. The molecule has 1 aromatic rings. The van der Waals surface area contributed by atoms with Gasteiger partial charge in [0.25, 0.3) is 0 Å². The maximum Gasteiger partial charge on any atom is 0.242 e. The van der Waals surface area contributed by atoms with Gasteiger partial charge in [0.1, 0.15) is 6.04 Å². The lowest BCUT2D eigenvalue weighted by molar-refractivity contribution is -0.128. The molecule has 0 saturated heterocycles. The molecule has 0 aromatic heterocycles. The van der Waals surface area contributed by atoms with E-state index in [9.17, 15) is 14.4 Å². The van der Waals surface area contributed by atoms with Gasteiger partial charge in [-0.3, -0.25) is 14.4 Å². The summed E-state index contributed by atoms with van der Waals surface area (Å²) in [5, 5.41) is 4.94. The van der Waals surface area contributed by atoms with E-state index in [1.165, 1.54) is 6.92 Å². The third-order valence-electron chi connectivity index (χ3n) is 2.83. The minimum atomic E-state index is -0.700. The summed E-state index contributed by atoms with van der Waals surface area (Å²) in [5.74, 6) is -0.855. The van der Waals surface area contributed by atoms with Crippen LogP contribution in [-0.4, -0.2) is 36.1 Å². The molecule has 5 nitrogen and oxygen atoms in total. The number of Topliss-reactive ketones (excluding diaryl/α,β-unsaturated/α-hetero) is 1. The molecular formula is C14H17ClN2O3. The molecular weight excluding hydrogens is 280 g/mol. The van der Waals surface area contributed by atoms with Crippen LogP contribution in [0, 0.1) is 0 Å². The monoisotopic (exact) mass is 296 g/mol. The number of halogens is 1. The Bertz CT molecular complexity index is 465. The number of carbonyl (C=O) groups is 3. The largest absolute Gasteiger partial charge is 0.347 e. The van der Waals surface area contributed by atoms with Crippen molar-refractivity contribution in [3.05, 3.63) is 35.9 Å². The Morgan fingerprint density at radius 1 is 1.30 bits per heavy atom. The molecule has 2 amide bonds. The highest BCUT2D eigenvalue weighted by atomic mass is 35.5. The summed E-state index contributed by atoms with van der Waals surface area (Å²) in [5.41, 5.74) is 0.923. The third-order valence-corrected chi connectivity index (χ3v) is 3.09. The lowest BCUT2D eigenvalue weighted by Gasteiger charge is -2.19. The van der Waals surface area contributed by atoms with E-state index in [4.69, 9.17) is 11.6 Å². The van der Waals surface area contributed by atoms with Crippen molar-refractivity contribution >= 4 is 29.7 Å². The molecule has 0 saturated carbocycles. The minimum Gasteiger partial charge on any atom is -0.347 e. The summed E-state index contributed by atoms with van der Waals surface area (Å²) in [7, 11) is 0. The van der Waals surface area contributed by atoms with Gasteiger partial charge in [-0.15, -0.1) is 11.6 Å². The first kappa shape index (κ1) is 16.2. The highest BCUT2D eigenvalue weighted by Gasteiger charge is 2.22. The zero-order valence-electron chi connectivity index (χ0n) is 11.1. The van der Waals surface area contributed by atoms with E-state index in [1.807, 2.05) is 30.3 Å².